The minimum Gasteiger partial charge on any atom is -0.305 e. The SMILES string of the molecule is O=c1c(-c2cccs2)nc2ccccc2n1CC1CCC1. The maximum atomic E-state index is 12.9. The van der Waals surface area contributed by atoms with Crippen molar-refractivity contribution in [3.63, 3.8) is 0 Å². The number of fused-ring (bicyclic) bond motifs is 1. The normalized spacial score (nSPS) is 15.2. The van der Waals surface area contributed by atoms with Gasteiger partial charge in [-0.15, -0.1) is 11.3 Å². The quantitative estimate of drug-likeness (QED) is 0.734. The summed E-state index contributed by atoms with van der Waals surface area (Å²) in [5.74, 6) is 0.643. The van der Waals surface area contributed by atoms with Crippen molar-refractivity contribution in [3.05, 3.63) is 52.1 Å². The van der Waals surface area contributed by atoms with Gasteiger partial charge in [0, 0.05) is 6.54 Å². The van der Waals surface area contributed by atoms with Gasteiger partial charge in [0.05, 0.1) is 15.9 Å². The van der Waals surface area contributed by atoms with Crippen molar-refractivity contribution in [2.24, 2.45) is 5.92 Å². The lowest BCUT2D eigenvalue weighted by molar-refractivity contribution is 0.277. The predicted octanol–water partition coefficient (Wildman–Crippen LogP) is 3.93. The topological polar surface area (TPSA) is 34.9 Å². The zero-order valence-electron chi connectivity index (χ0n) is 11.7. The Morgan fingerprint density at radius 1 is 1.19 bits per heavy atom. The Morgan fingerprint density at radius 3 is 2.76 bits per heavy atom. The molecule has 1 fully saturated rings. The van der Waals surface area contributed by atoms with Crippen LogP contribution in [-0.4, -0.2) is 9.55 Å². The first-order valence-corrected chi connectivity index (χ1v) is 8.24. The van der Waals surface area contributed by atoms with Gasteiger partial charge in [-0.2, -0.15) is 0 Å². The van der Waals surface area contributed by atoms with Gasteiger partial charge in [0.1, 0.15) is 5.69 Å². The predicted molar refractivity (Wildman–Crippen MR) is 86.7 cm³/mol. The van der Waals surface area contributed by atoms with E-state index in [9.17, 15) is 4.79 Å². The smallest absolute Gasteiger partial charge is 0.278 e. The van der Waals surface area contributed by atoms with Gasteiger partial charge in [-0.3, -0.25) is 4.79 Å². The van der Waals surface area contributed by atoms with Crippen molar-refractivity contribution in [2.75, 3.05) is 0 Å². The fourth-order valence-corrected chi connectivity index (χ4v) is 3.59. The third-order valence-electron chi connectivity index (χ3n) is 4.27. The average Bonchev–Trinajstić information content (AvgIpc) is 2.98. The molecule has 1 saturated carbocycles. The van der Waals surface area contributed by atoms with Crippen LogP contribution >= 0.6 is 11.3 Å². The molecule has 0 radical (unpaired) electrons. The van der Waals surface area contributed by atoms with Gasteiger partial charge in [-0.05, 0) is 42.3 Å². The Hall–Kier alpha value is -1.94. The van der Waals surface area contributed by atoms with Crippen molar-refractivity contribution in [1.82, 2.24) is 9.55 Å². The molecule has 0 bridgehead atoms. The largest absolute Gasteiger partial charge is 0.305 e. The van der Waals surface area contributed by atoms with Crippen LogP contribution in [0.2, 0.25) is 0 Å². The highest BCUT2D eigenvalue weighted by atomic mass is 32.1. The first-order chi connectivity index (χ1) is 10.3. The van der Waals surface area contributed by atoms with Crippen molar-refractivity contribution in [2.45, 2.75) is 25.8 Å². The second kappa shape index (κ2) is 5.11. The van der Waals surface area contributed by atoms with Crippen LogP contribution in [0.3, 0.4) is 0 Å². The number of hydrogen-bond donors (Lipinski definition) is 0. The molecule has 2 aromatic heterocycles. The molecule has 0 amide bonds. The van der Waals surface area contributed by atoms with E-state index in [1.54, 1.807) is 11.3 Å². The van der Waals surface area contributed by atoms with Crippen molar-refractivity contribution < 1.29 is 0 Å². The molecule has 0 unspecified atom stereocenters. The van der Waals surface area contributed by atoms with E-state index in [2.05, 4.69) is 4.98 Å². The molecule has 3 aromatic rings. The minimum absolute atomic E-state index is 0.0445. The highest BCUT2D eigenvalue weighted by Gasteiger charge is 2.21. The summed E-state index contributed by atoms with van der Waals surface area (Å²) in [4.78, 5) is 18.4. The lowest BCUT2D eigenvalue weighted by Crippen LogP contribution is -2.29. The van der Waals surface area contributed by atoms with Gasteiger partial charge in [0.15, 0.2) is 0 Å². The number of rotatable bonds is 3. The molecule has 0 atom stereocenters. The van der Waals surface area contributed by atoms with E-state index in [4.69, 9.17) is 0 Å². The van der Waals surface area contributed by atoms with Gasteiger partial charge in [0.25, 0.3) is 5.56 Å². The zero-order valence-corrected chi connectivity index (χ0v) is 12.5. The molecule has 2 heterocycles. The summed E-state index contributed by atoms with van der Waals surface area (Å²) in [6, 6.07) is 11.9. The van der Waals surface area contributed by atoms with Crippen LogP contribution in [0.25, 0.3) is 21.6 Å². The molecule has 4 heteroatoms. The van der Waals surface area contributed by atoms with E-state index in [0.717, 1.165) is 22.5 Å². The van der Waals surface area contributed by atoms with Gasteiger partial charge in [-0.25, -0.2) is 4.98 Å². The van der Waals surface area contributed by atoms with Gasteiger partial charge >= 0.3 is 0 Å². The van der Waals surface area contributed by atoms with Crippen LogP contribution in [-0.2, 0) is 6.54 Å². The van der Waals surface area contributed by atoms with Gasteiger partial charge < -0.3 is 4.57 Å². The molecule has 0 spiro atoms. The average molecular weight is 296 g/mol. The van der Waals surface area contributed by atoms with Crippen molar-refractivity contribution in [1.29, 1.82) is 0 Å². The molecule has 106 valence electrons. The number of hydrogen-bond acceptors (Lipinski definition) is 3. The Morgan fingerprint density at radius 2 is 2.05 bits per heavy atom. The van der Waals surface area contributed by atoms with Crippen LogP contribution in [0, 0.1) is 5.92 Å². The monoisotopic (exact) mass is 296 g/mol. The van der Waals surface area contributed by atoms with Gasteiger partial charge in [-0.1, -0.05) is 24.6 Å². The molecular formula is C17H16N2OS. The molecule has 21 heavy (non-hydrogen) atoms. The Kier molecular flexibility index (Phi) is 3.11. The molecular weight excluding hydrogens is 280 g/mol. The van der Waals surface area contributed by atoms with Crippen molar-refractivity contribution in [3.8, 4) is 10.6 Å². The number of nitrogens with zero attached hydrogens (tertiary/aromatic N) is 2. The molecule has 3 nitrogen and oxygen atoms in total. The standard InChI is InChI=1S/C17H16N2OS/c20-17-16(15-9-4-10-21-15)18-13-7-1-2-8-14(13)19(17)11-12-5-3-6-12/h1-2,4,7-10,12H,3,5-6,11H2. The summed E-state index contributed by atoms with van der Waals surface area (Å²) in [5, 5.41) is 1.99. The van der Waals surface area contributed by atoms with Crippen LogP contribution in [0.4, 0.5) is 0 Å². The fraction of sp³-hybridized carbons (Fsp3) is 0.294. The Balaban J connectivity index is 1.95. The highest BCUT2D eigenvalue weighted by molar-refractivity contribution is 7.13. The van der Waals surface area contributed by atoms with E-state index in [1.807, 2.05) is 46.3 Å². The second-order valence-corrected chi connectivity index (χ2v) is 6.59. The van der Waals surface area contributed by atoms with Crippen LogP contribution in [0.15, 0.2) is 46.6 Å². The van der Waals surface area contributed by atoms with E-state index >= 15 is 0 Å². The van der Waals surface area contributed by atoms with E-state index < -0.39 is 0 Å². The summed E-state index contributed by atoms with van der Waals surface area (Å²) >= 11 is 1.57. The molecule has 1 aliphatic rings. The van der Waals surface area contributed by atoms with Gasteiger partial charge in [0.2, 0.25) is 0 Å². The summed E-state index contributed by atoms with van der Waals surface area (Å²) in [6.45, 7) is 0.820. The lowest BCUT2D eigenvalue weighted by atomic mass is 9.85. The van der Waals surface area contributed by atoms with E-state index in [-0.39, 0.29) is 5.56 Å². The summed E-state index contributed by atoms with van der Waals surface area (Å²) in [5.41, 5.74) is 2.49. The second-order valence-electron chi connectivity index (χ2n) is 5.64. The van der Waals surface area contributed by atoms with Crippen LogP contribution in [0.5, 0.6) is 0 Å². The number of para-hydroxylation sites is 2. The first kappa shape index (κ1) is 12.8. The highest BCUT2D eigenvalue weighted by Crippen LogP contribution is 2.29. The van der Waals surface area contributed by atoms with Crippen LogP contribution < -0.4 is 5.56 Å². The summed E-state index contributed by atoms with van der Waals surface area (Å²) in [6.07, 6.45) is 3.76. The van der Waals surface area contributed by atoms with Crippen molar-refractivity contribution >= 4 is 22.4 Å². The molecule has 0 N–H and O–H groups in total. The Bertz CT molecular complexity index is 832. The fourth-order valence-electron chi connectivity index (χ4n) is 2.88. The van der Waals surface area contributed by atoms with Crippen LogP contribution in [0.1, 0.15) is 19.3 Å². The molecule has 0 aliphatic heterocycles. The number of benzene rings is 1. The maximum Gasteiger partial charge on any atom is 0.278 e. The molecule has 1 aliphatic carbocycles. The van der Waals surface area contributed by atoms with E-state index in [0.29, 0.717) is 11.6 Å². The minimum atomic E-state index is 0.0445. The molecule has 4 rings (SSSR count). The third-order valence-corrected chi connectivity index (χ3v) is 5.15. The number of thiophene rings is 1. The zero-order chi connectivity index (χ0) is 14.2. The number of aromatic nitrogens is 2. The van der Waals surface area contributed by atoms with E-state index in [1.165, 1.54) is 19.3 Å². The molecule has 1 aromatic carbocycles. The lowest BCUT2D eigenvalue weighted by Gasteiger charge is -2.26. The Labute approximate surface area is 126 Å². The third kappa shape index (κ3) is 2.20. The molecule has 0 saturated heterocycles. The summed E-state index contributed by atoms with van der Waals surface area (Å²) < 4.78 is 1.93. The summed E-state index contributed by atoms with van der Waals surface area (Å²) in [7, 11) is 0. The first-order valence-electron chi connectivity index (χ1n) is 7.36. The maximum absolute atomic E-state index is 12.9.